The van der Waals surface area contributed by atoms with E-state index in [0.29, 0.717) is 17.7 Å². The van der Waals surface area contributed by atoms with Crippen molar-refractivity contribution in [2.75, 3.05) is 25.0 Å². The van der Waals surface area contributed by atoms with E-state index >= 15 is 0 Å². The van der Waals surface area contributed by atoms with Crippen LogP contribution < -0.4 is 5.32 Å². The smallest absolute Gasteiger partial charge is 0.319 e. The van der Waals surface area contributed by atoms with Gasteiger partial charge in [-0.25, -0.2) is 9.18 Å². The van der Waals surface area contributed by atoms with Crippen LogP contribution in [0.1, 0.15) is 12.0 Å². The van der Waals surface area contributed by atoms with E-state index in [2.05, 4.69) is 10.3 Å². The highest BCUT2D eigenvalue weighted by Gasteiger charge is 2.48. The van der Waals surface area contributed by atoms with Crippen molar-refractivity contribution in [3.63, 3.8) is 0 Å². The summed E-state index contributed by atoms with van der Waals surface area (Å²) in [6.07, 6.45) is -1.01. The Hall–Kier alpha value is -2.68. The van der Waals surface area contributed by atoms with E-state index in [1.54, 1.807) is 23.2 Å². The Morgan fingerprint density at radius 3 is 2.66 bits per heavy atom. The first kappa shape index (κ1) is 19.6. The predicted octanol–water partition coefficient (Wildman–Crippen LogP) is 4.05. The number of urea groups is 1. The van der Waals surface area contributed by atoms with Gasteiger partial charge in [-0.3, -0.25) is 9.88 Å². The molecule has 29 heavy (non-hydrogen) atoms. The highest BCUT2D eigenvalue weighted by Crippen LogP contribution is 2.34. The zero-order valence-electron chi connectivity index (χ0n) is 15.7. The van der Waals surface area contributed by atoms with Gasteiger partial charge in [0.25, 0.3) is 0 Å². The number of hydrogen-bond acceptors (Lipinski definition) is 3. The van der Waals surface area contributed by atoms with E-state index < -0.39 is 18.5 Å². The van der Waals surface area contributed by atoms with E-state index in [-0.39, 0.29) is 31.2 Å². The molecule has 154 valence electrons. The van der Waals surface area contributed by atoms with Crippen molar-refractivity contribution in [3.05, 3.63) is 48.0 Å². The lowest BCUT2D eigenvalue weighted by Crippen LogP contribution is -2.52. The first-order chi connectivity index (χ1) is 13.7. The maximum absolute atomic E-state index is 13.5. The summed E-state index contributed by atoms with van der Waals surface area (Å²) in [5.74, 6) is -0.451. The van der Waals surface area contributed by atoms with Gasteiger partial charge in [-0.1, -0.05) is 6.07 Å². The van der Waals surface area contributed by atoms with Crippen LogP contribution in [0.4, 0.5) is 28.0 Å². The predicted molar refractivity (Wildman–Crippen MR) is 99.9 cm³/mol. The second-order valence-electron chi connectivity index (χ2n) is 7.59. The van der Waals surface area contributed by atoms with E-state index in [9.17, 15) is 22.4 Å². The lowest BCUT2D eigenvalue weighted by atomic mass is 10.0. The van der Waals surface area contributed by atoms with Crippen LogP contribution >= 0.6 is 0 Å². The van der Waals surface area contributed by atoms with Gasteiger partial charge in [0.1, 0.15) is 5.82 Å². The molecule has 5 nitrogen and oxygen atoms in total. The minimum Gasteiger partial charge on any atom is -0.319 e. The van der Waals surface area contributed by atoms with Gasteiger partial charge >= 0.3 is 12.2 Å². The number of carbonyl (C=O) groups is 1. The van der Waals surface area contributed by atoms with Crippen LogP contribution in [-0.2, 0) is 0 Å². The van der Waals surface area contributed by atoms with E-state index in [1.165, 1.54) is 11.0 Å². The highest BCUT2D eigenvalue weighted by atomic mass is 19.4. The molecule has 2 amide bonds. The van der Waals surface area contributed by atoms with Gasteiger partial charge in [0.15, 0.2) is 0 Å². The van der Waals surface area contributed by atoms with Gasteiger partial charge in [0.05, 0.1) is 12.7 Å². The van der Waals surface area contributed by atoms with Crippen LogP contribution in [0.3, 0.4) is 0 Å². The van der Waals surface area contributed by atoms with E-state index in [4.69, 9.17) is 0 Å². The van der Waals surface area contributed by atoms with Crippen molar-refractivity contribution in [2.24, 2.45) is 0 Å². The SMILES string of the molecule is Cc1ccc(NC(=O)N2C[C@@H]3C[C@H]2CN3CC(F)(F)F)cc1-c1cncc(F)c1. The maximum Gasteiger partial charge on any atom is 0.401 e. The molecule has 2 fully saturated rings. The van der Waals surface area contributed by atoms with Gasteiger partial charge in [0, 0.05) is 42.6 Å². The molecule has 0 radical (unpaired) electrons. The lowest BCUT2D eigenvalue weighted by molar-refractivity contribution is -0.149. The van der Waals surface area contributed by atoms with Gasteiger partial charge in [-0.05, 0) is 42.7 Å². The van der Waals surface area contributed by atoms with Crippen LogP contribution in [0.25, 0.3) is 11.1 Å². The fourth-order valence-electron chi connectivity index (χ4n) is 4.19. The van der Waals surface area contributed by atoms with Crippen LogP contribution in [0.2, 0.25) is 0 Å². The molecular weight excluding hydrogens is 388 g/mol. The summed E-state index contributed by atoms with van der Waals surface area (Å²) in [7, 11) is 0. The van der Waals surface area contributed by atoms with Crippen LogP contribution in [0.5, 0.6) is 0 Å². The summed E-state index contributed by atoms with van der Waals surface area (Å²) >= 11 is 0. The van der Waals surface area contributed by atoms with E-state index in [1.807, 2.05) is 13.0 Å². The molecular formula is C20H20F4N4O. The Morgan fingerprint density at radius 1 is 1.21 bits per heavy atom. The Balaban J connectivity index is 1.45. The monoisotopic (exact) mass is 408 g/mol. The number of nitrogens with one attached hydrogen (secondary N) is 1. The summed E-state index contributed by atoms with van der Waals surface area (Å²) < 4.78 is 51.5. The Kier molecular flexibility index (Phi) is 4.94. The second kappa shape index (κ2) is 7.29. The molecule has 1 N–H and O–H groups in total. The number of rotatable bonds is 3. The molecule has 9 heteroatoms. The molecule has 1 aromatic heterocycles. The number of anilines is 1. The molecule has 2 aliphatic heterocycles. The molecule has 0 unspecified atom stereocenters. The lowest BCUT2D eigenvalue weighted by Gasteiger charge is -2.34. The molecule has 3 heterocycles. The fourth-order valence-corrected chi connectivity index (χ4v) is 4.19. The number of pyridine rings is 1. The minimum atomic E-state index is -4.23. The van der Waals surface area contributed by atoms with Crippen molar-refractivity contribution in [1.29, 1.82) is 0 Å². The van der Waals surface area contributed by atoms with Gasteiger partial charge < -0.3 is 10.2 Å². The number of aromatic nitrogens is 1. The van der Waals surface area contributed by atoms with E-state index in [0.717, 1.165) is 17.3 Å². The number of benzene rings is 1. The number of alkyl halides is 3. The number of amides is 2. The first-order valence-corrected chi connectivity index (χ1v) is 9.29. The van der Waals surface area contributed by atoms with Crippen molar-refractivity contribution >= 4 is 11.7 Å². The third-order valence-electron chi connectivity index (χ3n) is 5.50. The summed E-state index contributed by atoms with van der Waals surface area (Å²) in [6.45, 7) is 1.44. The number of aryl methyl sites for hydroxylation is 1. The highest BCUT2D eigenvalue weighted by molar-refractivity contribution is 5.91. The van der Waals surface area contributed by atoms with Crippen LogP contribution in [0, 0.1) is 12.7 Å². The zero-order valence-corrected chi connectivity index (χ0v) is 15.7. The summed E-state index contributed by atoms with van der Waals surface area (Å²) in [5.41, 5.74) is 2.78. The Labute approximate surface area is 165 Å². The topological polar surface area (TPSA) is 48.5 Å². The van der Waals surface area contributed by atoms with Crippen LogP contribution in [0.15, 0.2) is 36.7 Å². The average molecular weight is 408 g/mol. The molecule has 0 spiro atoms. The van der Waals surface area contributed by atoms with Gasteiger partial charge in [-0.15, -0.1) is 0 Å². The van der Waals surface area contributed by atoms with Crippen LogP contribution in [-0.4, -0.2) is 58.7 Å². The third-order valence-corrected chi connectivity index (χ3v) is 5.50. The van der Waals surface area contributed by atoms with Crippen molar-refractivity contribution in [2.45, 2.75) is 31.6 Å². The van der Waals surface area contributed by atoms with Crippen molar-refractivity contribution < 1.29 is 22.4 Å². The molecule has 2 aromatic rings. The second-order valence-corrected chi connectivity index (χ2v) is 7.59. The third kappa shape index (κ3) is 4.19. The fraction of sp³-hybridized carbons (Fsp3) is 0.400. The number of fused-ring (bicyclic) bond motifs is 2. The largest absolute Gasteiger partial charge is 0.401 e. The van der Waals surface area contributed by atoms with Crippen molar-refractivity contribution in [1.82, 2.24) is 14.8 Å². The number of hydrogen-bond donors (Lipinski definition) is 1. The summed E-state index contributed by atoms with van der Waals surface area (Å²) in [4.78, 5) is 19.5. The minimum absolute atomic E-state index is 0.223. The number of halogens is 4. The first-order valence-electron chi connectivity index (χ1n) is 9.29. The standard InChI is InChI=1S/C20H20F4N4O/c1-12-2-3-15(5-18(12)13-4-14(21)8-25-7-13)26-19(29)28-10-16-6-17(28)9-27(16)11-20(22,23)24/h2-5,7-8,16-17H,6,9-11H2,1H3,(H,26,29)/t16-,17-/m0/s1. The van der Waals surface area contributed by atoms with Gasteiger partial charge in [0.2, 0.25) is 0 Å². The molecule has 2 aliphatic rings. The summed E-state index contributed by atoms with van der Waals surface area (Å²) in [5, 5.41) is 2.82. The molecule has 2 bridgehead atoms. The Bertz CT molecular complexity index is 933. The molecule has 0 aliphatic carbocycles. The zero-order chi connectivity index (χ0) is 20.8. The number of likely N-dealkylation sites (tertiary alicyclic amines) is 2. The number of nitrogens with zero attached hydrogens (tertiary/aromatic N) is 3. The number of piperazine rings is 1. The quantitative estimate of drug-likeness (QED) is 0.780. The molecule has 1 aromatic carbocycles. The average Bonchev–Trinajstić information content (AvgIpc) is 3.22. The molecule has 2 atom stereocenters. The van der Waals surface area contributed by atoms with Crippen molar-refractivity contribution in [3.8, 4) is 11.1 Å². The Morgan fingerprint density at radius 2 is 2.00 bits per heavy atom. The molecule has 2 saturated heterocycles. The normalized spacial score (nSPS) is 21.6. The van der Waals surface area contributed by atoms with Gasteiger partial charge in [-0.2, -0.15) is 13.2 Å². The molecule has 0 saturated carbocycles. The maximum atomic E-state index is 13.5. The summed E-state index contributed by atoms with van der Waals surface area (Å²) in [6, 6.07) is 5.85. The molecule has 4 rings (SSSR count). The number of carbonyl (C=O) groups excluding carboxylic acids is 1.